The number of nitrogens with one attached hydrogen (secondary N) is 1. The quantitative estimate of drug-likeness (QED) is 0.653. The van der Waals surface area contributed by atoms with Crippen molar-refractivity contribution in [3.63, 3.8) is 0 Å². The number of thiophene rings is 1. The first kappa shape index (κ1) is 19.4. The van der Waals surface area contributed by atoms with E-state index in [1.54, 1.807) is 17.8 Å². The highest BCUT2D eigenvalue weighted by molar-refractivity contribution is 7.18. The zero-order valence-corrected chi connectivity index (χ0v) is 15.8. The van der Waals surface area contributed by atoms with Gasteiger partial charge in [-0.05, 0) is 30.2 Å². The third kappa shape index (κ3) is 4.49. The fourth-order valence-electron chi connectivity index (χ4n) is 2.64. The van der Waals surface area contributed by atoms with Crippen molar-refractivity contribution in [1.29, 1.82) is 0 Å². The predicted octanol–water partition coefficient (Wildman–Crippen LogP) is 2.78. The SMILES string of the molecule is Cn1ncnc1-c1cc(C(=O)N[C@H](CN)Cc2cc(F)cc(F)c2)sc1Cl. The third-order valence-electron chi connectivity index (χ3n) is 3.89. The fraction of sp³-hybridized carbons (Fsp3) is 0.235. The van der Waals surface area contributed by atoms with Crippen LogP contribution in [0.1, 0.15) is 15.2 Å². The highest BCUT2D eigenvalue weighted by Gasteiger charge is 2.20. The molecule has 0 aliphatic carbocycles. The van der Waals surface area contributed by atoms with E-state index in [2.05, 4.69) is 15.4 Å². The summed E-state index contributed by atoms with van der Waals surface area (Å²) in [5.74, 6) is -1.18. The van der Waals surface area contributed by atoms with Crippen molar-refractivity contribution in [3.8, 4) is 11.4 Å². The maximum atomic E-state index is 13.3. The first-order valence-electron chi connectivity index (χ1n) is 7.97. The summed E-state index contributed by atoms with van der Waals surface area (Å²) in [4.78, 5) is 17.0. The van der Waals surface area contributed by atoms with Gasteiger partial charge in [0, 0.05) is 31.3 Å². The summed E-state index contributed by atoms with van der Waals surface area (Å²) < 4.78 is 28.6. The highest BCUT2D eigenvalue weighted by Crippen LogP contribution is 2.34. The van der Waals surface area contributed by atoms with Crippen LogP contribution < -0.4 is 11.1 Å². The predicted molar refractivity (Wildman–Crippen MR) is 99.7 cm³/mol. The third-order valence-corrected chi connectivity index (χ3v) is 5.24. The number of aromatic nitrogens is 3. The number of nitrogens with two attached hydrogens (primary N) is 1. The first-order chi connectivity index (χ1) is 12.9. The number of carbonyl (C=O) groups is 1. The van der Waals surface area contributed by atoms with Gasteiger partial charge in [0.05, 0.1) is 4.88 Å². The molecule has 2 heterocycles. The van der Waals surface area contributed by atoms with Crippen molar-refractivity contribution >= 4 is 28.8 Å². The van der Waals surface area contributed by atoms with Crippen molar-refractivity contribution in [2.75, 3.05) is 6.54 Å². The Morgan fingerprint density at radius 3 is 2.63 bits per heavy atom. The molecule has 1 atom stereocenters. The molecular formula is C17H16ClF2N5OS. The summed E-state index contributed by atoms with van der Waals surface area (Å²) in [6.45, 7) is 0.110. The zero-order chi connectivity index (χ0) is 19.6. The van der Waals surface area contributed by atoms with E-state index in [-0.39, 0.29) is 18.9 Å². The van der Waals surface area contributed by atoms with E-state index in [0.717, 1.165) is 17.4 Å². The molecule has 0 saturated heterocycles. The first-order valence-corrected chi connectivity index (χ1v) is 9.16. The molecule has 0 fully saturated rings. The van der Waals surface area contributed by atoms with Gasteiger partial charge in [-0.2, -0.15) is 5.10 Å². The van der Waals surface area contributed by atoms with Crippen molar-refractivity contribution < 1.29 is 13.6 Å². The number of halogens is 3. The maximum absolute atomic E-state index is 13.3. The molecule has 2 aromatic heterocycles. The topological polar surface area (TPSA) is 85.8 Å². The van der Waals surface area contributed by atoms with Crippen LogP contribution in [0.15, 0.2) is 30.6 Å². The van der Waals surface area contributed by atoms with E-state index < -0.39 is 17.7 Å². The van der Waals surface area contributed by atoms with Crippen molar-refractivity contribution in [2.24, 2.45) is 12.8 Å². The van der Waals surface area contributed by atoms with E-state index in [0.29, 0.717) is 26.2 Å². The summed E-state index contributed by atoms with van der Waals surface area (Å²) >= 11 is 7.34. The molecule has 0 spiro atoms. The monoisotopic (exact) mass is 411 g/mol. The normalized spacial score (nSPS) is 12.2. The van der Waals surface area contributed by atoms with Gasteiger partial charge in [0.1, 0.15) is 22.3 Å². The Hall–Kier alpha value is -2.36. The van der Waals surface area contributed by atoms with Crippen LogP contribution in [0.3, 0.4) is 0 Å². The highest BCUT2D eigenvalue weighted by atomic mass is 35.5. The summed E-state index contributed by atoms with van der Waals surface area (Å²) in [7, 11) is 1.72. The standard InChI is InChI=1S/C17H16ClF2N5OS/c1-25-16(22-8-23-25)13-6-14(27-15(13)18)17(26)24-12(7-21)4-9-2-10(19)5-11(20)3-9/h2-3,5-6,8,12H,4,7,21H2,1H3,(H,24,26)/t12-/m0/s1. The van der Waals surface area contributed by atoms with Gasteiger partial charge in [0.25, 0.3) is 5.91 Å². The molecule has 0 aliphatic rings. The number of aryl methyl sites for hydroxylation is 1. The number of hydrogen-bond donors (Lipinski definition) is 2. The van der Waals surface area contributed by atoms with Crippen LogP contribution in [-0.2, 0) is 13.5 Å². The molecule has 0 aliphatic heterocycles. The van der Waals surface area contributed by atoms with E-state index >= 15 is 0 Å². The molecule has 3 rings (SSSR count). The van der Waals surface area contributed by atoms with Crippen molar-refractivity contribution in [3.05, 3.63) is 57.0 Å². The molecule has 3 aromatic rings. The average Bonchev–Trinajstić information content (AvgIpc) is 3.18. The molecule has 6 nitrogen and oxygen atoms in total. The summed E-state index contributed by atoms with van der Waals surface area (Å²) in [6.07, 6.45) is 1.60. The van der Waals surface area contributed by atoms with E-state index in [9.17, 15) is 13.6 Å². The van der Waals surface area contributed by atoms with Crippen LogP contribution in [0.2, 0.25) is 4.34 Å². The molecule has 27 heavy (non-hydrogen) atoms. The van der Waals surface area contributed by atoms with Gasteiger partial charge >= 0.3 is 0 Å². The molecule has 0 unspecified atom stereocenters. The second-order valence-electron chi connectivity index (χ2n) is 5.89. The Labute approximate surface area is 163 Å². The summed E-state index contributed by atoms with van der Waals surface area (Å²) in [5.41, 5.74) is 6.72. The van der Waals surface area contributed by atoms with Crippen LogP contribution in [0, 0.1) is 11.6 Å². The lowest BCUT2D eigenvalue weighted by atomic mass is 10.1. The number of hydrogen-bond acceptors (Lipinski definition) is 5. The Kier molecular flexibility index (Phi) is 5.83. The minimum Gasteiger partial charge on any atom is -0.347 e. The van der Waals surface area contributed by atoms with Crippen LogP contribution in [0.4, 0.5) is 8.78 Å². The minimum atomic E-state index is -0.676. The molecule has 0 saturated carbocycles. The Balaban J connectivity index is 1.74. The van der Waals surface area contributed by atoms with Gasteiger partial charge in [-0.1, -0.05) is 11.6 Å². The minimum absolute atomic E-state index is 0.110. The number of nitrogens with zero attached hydrogens (tertiary/aromatic N) is 3. The second-order valence-corrected chi connectivity index (χ2v) is 7.55. The molecule has 0 bridgehead atoms. The Morgan fingerprint density at radius 1 is 1.33 bits per heavy atom. The van der Waals surface area contributed by atoms with E-state index in [1.165, 1.54) is 18.5 Å². The van der Waals surface area contributed by atoms with Crippen LogP contribution in [-0.4, -0.2) is 33.3 Å². The lowest BCUT2D eigenvalue weighted by Crippen LogP contribution is -2.41. The van der Waals surface area contributed by atoms with Crippen molar-refractivity contribution in [1.82, 2.24) is 20.1 Å². The van der Waals surface area contributed by atoms with Gasteiger partial charge in [-0.3, -0.25) is 4.79 Å². The van der Waals surface area contributed by atoms with Crippen LogP contribution in [0.25, 0.3) is 11.4 Å². The number of carbonyl (C=O) groups excluding carboxylic acids is 1. The molecule has 1 amide bonds. The summed E-state index contributed by atoms with van der Waals surface area (Å²) in [6, 6.07) is 4.36. The molecular weight excluding hydrogens is 396 g/mol. The Bertz CT molecular complexity index is 954. The molecule has 3 N–H and O–H groups in total. The van der Waals surface area contributed by atoms with Gasteiger partial charge in [0.15, 0.2) is 5.82 Å². The van der Waals surface area contributed by atoms with E-state index in [1.807, 2.05) is 0 Å². The smallest absolute Gasteiger partial charge is 0.261 e. The average molecular weight is 412 g/mol. The fourth-order valence-corrected chi connectivity index (χ4v) is 3.81. The van der Waals surface area contributed by atoms with Gasteiger partial charge in [-0.25, -0.2) is 18.4 Å². The summed E-state index contributed by atoms with van der Waals surface area (Å²) in [5, 5.41) is 6.76. The molecule has 0 radical (unpaired) electrons. The van der Waals surface area contributed by atoms with Crippen LogP contribution >= 0.6 is 22.9 Å². The van der Waals surface area contributed by atoms with Crippen LogP contribution in [0.5, 0.6) is 0 Å². The lowest BCUT2D eigenvalue weighted by Gasteiger charge is -2.16. The number of benzene rings is 1. The number of amides is 1. The lowest BCUT2D eigenvalue weighted by molar-refractivity contribution is 0.0942. The van der Waals surface area contributed by atoms with E-state index in [4.69, 9.17) is 17.3 Å². The van der Waals surface area contributed by atoms with Gasteiger partial charge in [-0.15, -0.1) is 11.3 Å². The second kappa shape index (κ2) is 8.12. The molecule has 142 valence electrons. The van der Waals surface area contributed by atoms with Crippen molar-refractivity contribution in [2.45, 2.75) is 12.5 Å². The molecule has 1 aromatic carbocycles. The van der Waals surface area contributed by atoms with Gasteiger partial charge < -0.3 is 11.1 Å². The van der Waals surface area contributed by atoms with Gasteiger partial charge in [0.2, 0.25) is 0 Å². The molecule has 10 heteroatoms. The Morgan fingerprint density at radius 2 is 2.04 bits per heavy atom. The number of rotatable bonds is 6. The maximum Gasteiger partial charge on any atom is 0.261 e. The largest absolute Gasteiger partial charge is 0.347 e. The zero-order valence-electron chi connectivity index (χ0n) is 14.2.